The molecule has 0 saturated carbocycles. The first-order valence-corrected chi connectivity index (χ1v) is 7.50. The summed E-state index contributed by atoms with van der Waals surface area (Å²) in [5.41, 5.74) is 1.91. The van der Waals surface area contributed by atoms with Crippen LogP contribution < -0.4 is 9.64 Å². The molecule has 0 aliphatic carbocycles. The molecule has 5 heteroatoms. The number of methoxy groups -OCH3 is 1. The van der Waals surface area contributed by atoms with Crippen molar-refractivity contribution in [1.82, 2.24) is 0 Å². The number of para-hydroxylation sites is 1. The van der Waals surface area contributed by atoms with Crippen LogP contribution in [0, 0.1) is 6.92 Å². The van der Waals surface area contributed by atoms with Crippen molar-refractivity contribution >= 4 is 28.5 Å². The number of hydrogen-bond donors (Lipinski definition) is 0. The van der Waals surface area contributed by atoms with Gasteiger partial charge < -0.3 is 9.15 Å². The van der Waals surface area contributed by atoms with E-state index in [0.29, 0.717) is 22.4 Å². The second-order valence-electron chi connectivity index (χ2n) is 5.43. The fraction of sp³-hybridized carbons (Fsp3) is 0.158. The van der Waals surface area contributed by atoms with Crippen LogP contribution in [0.2, 0.25) is 0 Å². The summed E-state index contributed by atoms with van der Waals surface area (Å²) in [6.45, 7) is 3.20. The van der Waals surface area contributed by atoms with E-state index >= 15 is 0 Å². The summed E-state index contributed by atoms with van der Waals surface area (Å²) in [4.78, 5) is 26.1. The summed E-state index contributed by atoms with van der Waals surface area (Å²) < 4.78 is 10.9. The van der Waals surface area contributed by atoms with Gasteiger partial charge in [0.25, 0.3) is 0 Å². The molecule has 0 atom stereocenters. The Kier molecular flexibility index (Phi) is 4.08. The van der Waals surface area contributed by atoms with Crippen LogP contribution in [0.5, 0.6) is 5.75 Å². The van der Waals surface area contributed by atoms with Crippen molar-refractivity contribution in [3.8, 4) is 5.75 Å². The third-order valence-electron chi connectivity index (χ3n) is 3.83. The maximum absolute atomic E-state index is 12.9. The van der Waals surface area contributed by atoms with Crippen molar-refractivity contribution in [1.29, 1.82) is 0 Å². The van der Waals surface area contributed by atoms with E-state index in [1.807, 2.05) is 19.1 Å². The van der Waals surface area contributed by atoms with Crippen molar-refractivity contribution < 1.29 is 18.7 Å². The Balaban J connectivity index is 2.09. The van der Waals surface area contributed by atoms with Gasteiger partial charge in [0.1, 0.15) is 11.3 Å². The van der Waals surface area contributed by atoms with Crippen molar-refractivity contribution in [2.45, 2.75) is 13.8 Å². The maximum atomic E-state index is 12.9. The number of ether oxygens (including phenoxy) is 1. The molecule has 122 valence electrons. The smallest absolute Gasteiger partial charge is 0.300 e. The number of furan rings is 1. The van der Waals surface area contributed by atoms with E-state index in [-0.39, 0.29) is 11.7 Å². The van der Waals surface area contributed by atoms with Gasteiger partial charge in [-0.2, -0.15) is 0 Å². The summed E-state index contributed by atoms with van der Waals surface area (Å²) in [5, 5.41) is 0.691. The lowest BCUT2D eigenvalue weighted by molar-refractivity contribution is -0.116. The number of rotatable bonds is 3. The Labute approximate surface area is 139 Å². The minimum atomic E-state index is -0.505. The zero-order valence-electron chi connectivity index (χ0n) is 13.7. The lowest BCUT2D eigenvalue weighted by atomic mass is 10.1. The first-order chi connectivity index (χ1) is 11.5. The molecule has 24 heavy (non-hydrogen) atoms. The number of hydrogen-bond acceptors (Lipinski definition) is 4. The van der Waals surface area contributed by atoms with E-state index in [4.69, 9.17) is 9.15 Å². The van der Waals surface area contributed by atoms with Crippen LogP contribution in [0.25, 0.3) is 11.0 Å². The molecule has 0 spiro atoms. The second-order valence-corrected chi connectivity index (χ2v) is 5.43. The first kappa shape index (κ1) is 15.8. The number of anilines is 1. The molecule has 0 fully saturated rings. The highest BCUT2D eigenvalue weighted by atomic mass is 16.5. The van der Waals surface area contributed by atoms with E-state index in [0.717, 1.165) is 10.5 Å². The molecule has 0 saturated heterocycles. The quantitative estimate of drug-likeness (QED) is 0.732. The minimum absolute atomic E-state index is 0.0907. The van der Waals surface area contributed by atoms with Crippen LogP contribution in [0.4, 0.5) is 5.69 Å². The van der Waals surface area contributed by atoms with Crippen LogP contribution in [-0.2, 0) is 4.79 Å². The molecular formula is C19H17NO4. The van der Waals surface area contributed by atoms with Gasteiger partial charge in [0, 0.05) is 13.0 Å². The third kappa shape index (κ3) is 2.65. The highest BCUT2D eigenvalue weighted by molar-refractivity contribution is 6.20. The Bertz CT molecular complexity index is 926. The second kappa shape index (κ2) is 6.20. The van der Waals surface area contributed by atoms with Gasteiger partial charge in [0.2, 0.25) is 5.91 Å². The summed E-state index contributed by atoms with van der Waals surface area (Å²) in [5.74, 6) is -0.176. The monoisotopic (exact) mass is 323 g/mol. The minimum Gasteiger partial charge on any atom is -0.496 e. The molecule has 0 N–H and O–H groups in total. The van der Waals surface area contributed by atoms with Gasteiger partial charge in [-0.05, 0) is 30.7 Å². The average molecular weight is 323 g/mol. The van der Waals surface area contributed by atoms with Crippen molar-refractivity contribution in [3.05, 3.63) is 59.9 Å². The van der Waals surface area contributed by atoms with Crippen LogP contribution in [0.1, 0.15) is 23.0 Å². The summed E-state index contributed by atoms with van der Waals surface area (Å²) in [6, 6.07) is 14.1. The number of carbonyl (C=O) groups is 2. The SMILES string of the molecule is COc1cccc2oc(C(=O)N(C(C)=O)c3ccccc3C)cc12. The molecular weight excluding hydrogens is 306 g/mol. The van der Waals surface area contributed by atoms with Gasteiger partial charge in [-0.25, -0.2) is 4.90 Å². The van der Waals surface area contributed by atoms with Crippen LogP contribution in [-0.4, -0.2) is 18.9 Å². The van der Waals surface area contributed by atoms with E-state index in [1.54, 1.807) is 43.5 Å². The van der Waals surface area contributed by atoms with Gasteiger partial charge in [-0.3, -0.25) is 9.59 Å². The summed E-state index contributed by atoms with van der Waals surface area (Å²) in [6.07, 6.45) is 0. The van der Waals surface area contributed by atoms with Crippen LogP contribution in [0.3, 0.4) is 0 Å². The third-order valence-corrected chi connectivity index (χ3v) is 3.83. The molecule has 2 amide bonds. The number of aryl methyl sites for hydroxylation is 1. The number of carbonyl (C=O) groups excluding carboxylic acids is 2. The molecule has 2 aromatic carbocycles. The Hall–Kier alpha value is -3.08. The first-order valence-electron chi connectivity index (χ1n) is 7.50. The molecule has 0 bridgehead atoms. The van der Waals surface area contributed by atoms with E-state index in [2.05, 4.69) is 0 Å². The molecule has 1 heterocycles. The van der Waals surface area contributed by atoms with Gasteiger partial charge in [-0.1, -0.05) is 24.3 Å². The summed E-state index contributed by atoms with van der Waals surface area (Å²) in [7, 11) is 1.55. The van der Waals surface area contributed by atoms with Crippen LogP contribution in [0.15, 0.2) is 52.9 Å². The number of fused-ring (bicyclic) bond motifs is 1. The van der Waals surface area contributed by atoms with E-state index in [1.165, 1.54) is 6.92 Å². The highest BCUT2D eigenvalue weighted by Gasteiger charge is 2.26. The van der Waals surface area contributed by atoms with Gasteiger partial charge in [-0.15, -0.1) is 0 Å². The highest BCUT2D eigenvalue weighted by Crippen LogP contribution is 2.30. The van der Waals surface area contributed by atoms with E-state index < -0.39 is 5.91 Å². The fourth-order valence-corrected chi connectivity index (χ4v) is 2.66. The maximum Gasteiger partial charge on any atom is 0.300 e. The molecule has 3 aromatic rings. The molecule has 0 aliphatic heterocycles. The predicted octanol–water partition coefficient (Wildman–Crippen LogP) is 3.94. The fourth-order valence-electron chi connectivity index (χ4n) is 2.66. The zero-order valence-corrected chi connectivity index (χ0v) is 13.7. The standard InChI is InChI=1S/C19H17NO4/c1-12-7-4-5-8-15(12)20(13(2)21)19(22)18-11-14-16(23-3)9-6-10-17(14)24-18/h4-11H,1-3H3. The average Bonchev–Trinajstić information content (AvgIpc) is 3.00. The number of nitrogens with zero attached hydrogens (tertiary/aromatic N) is 1. The number of benzene rings is 2. The van der Waals surface area contributed by atoms with Gasteiger partial charge in [0.15, 0.2) is 5.76 Å². The van der Waals surface area contributed by atoms with Crippen LogP contribution >= 0.6 is 0 Å². The van der Waals surface area contributed by atoms with Crippen molar-refractivity contribution in [2.75, 3.05) is 12.0 Å². The lowest BCUT2D eigenvalue weighted by Crippen LogP contribution is -2.35. The lowest BCUT2D eigenvalue weighted by Gasteiger charge is -2.19. The Morgan fingerprint density at radius 2 is 1.83 bits per heavy atom. The van der Waals surface area contributed by atoms with Gasteiger partial charge in [0.05, 0.1) is 18.2 Å². The molecule has 3 rings (SSSR count). The van der Waals surface area contributed by atoms with Crippen molar-refractivity contribution in [3.63, 3.8) is 0 Å². The van der Waals surface area contributed by atoms with E-state index in [9.17, 15) is 9.59 Å². The largest absolute Gasteiger partial charge is 0.496 e. The molecule has 0 unspecified atom stereocenters. The molecule has 1 aromatic heterocycles. The summed E-state index contributed by atoms with van der Waals surface area (Å²) >= 11 is 0. The Morgan fingerprint density at radius 3 is 2.50 bits per heavy atom. The number of imide groups is 1. The predicted molar refractivity (Wildman–Crippen MR) is 91.4 cm³/mol. The zero-order chi connectivity index (χ0) is 17.3. The molecule has 0 aliphatic rings. The topological polar surface area (TPSA) is 59.8 Å². The number of amides is 2. The normalized spacial score (nSPS) is 10.6. The molecule has 0 radical (unpaired) electrons. The molecule has 5 nitrogen and oxygen atoms in total. The van der Waals surface area contributed by atoms with Crippen molar-refractivity contribution in [2.24, 2.45) is 0 Å². The van der Waals surface area contributed by atoms with Gasteiger partial charge >= 0.3 is 5.91 Å². The Morgan fingerprint density at radius 1 is 1.08 bits per heavy atom.